The van der Waals surface area contributed by atoms with Crippen molar-refractivity contribution in [3.05, 3.63) is 71.6 Å². The molecular formula is C25H29F2N5O2. The van der Waals surface area contributed by atoms with Gasteiger partial charge in [-0.15, -0.1) is 0 Å². The van der Waals surface area contributed by atoms with Gasteiger partial charge in [-0.3, -0.25) is 10.2 Å². The Morgan fingerprint density at radius 2 is 1.91 bits per heavy atom. The van der Waals surface area contributed by atoms with Crippen molar-refractivity contribution in [1.29, 1.82) is 0 Å². The summed E-state index contributed by atoms with van der Waals surface area (Å²) in [6, 6.07) is 12.9. The van der Waals surface area contributed by atoms with Crippen LogP contribution in [-0.4, -0.2) is 59.9 Å². The summed E-state index contributed by atoms with van der Waals surface area (Å²) in [5, 5.41) is 5.99. The monoisotopic (exact) mass is 469 g/mol. The van der Waals surface area contributed by atoms with Crippen LogP contribution in [0.25, 0.3) is 11.3 Å². The average Bonchev–Trinajstić information content (AvgIpc) is 3.35. The zero-order chi connectivity index (χ0) is 24.2. The van der Waals surface area contributed by atoms with Gasteiger partial charge in [-0.2, -0.15) is 0 Å². The van der Waals surface area contributed by atoms with Crippen molar-refractivity contribution >= 4 is 11.8 Å². The third kappa shape index (κ3) is 5.10. The molecule has 0 aliphatic carbocycles. The summed E-state index contributed by atoms with van der Waals surface area (Å²) in [5.74, 6) is -0.631. The van der Waals surface area contributed by atoms with Crippen LogP contribution < -0.4 is 10.6 Å². The fourth-order valence-corrected chi connectivity index (χ4v) is 4.38. The molecule has 180 valence electrons. The normalized spacial score (nSPS) is 18.3. The molecule has 1 saturated heterocycles. The molecule has 1 aromatic heterocycles. The number of likely N-dealkylation sites (tertiary alicyclic amines) is 1. The summed E-state index contributed by atoms with van der Waals surface area (Å²) in [4.78, 5) is 19.8. The van der Waals surface area contributed by atoms with Crippen LogP contribution in [-0.2, 0) is 11.8 Å². The molecule has 7 nitrogen and oxygen atoms in total. The maximum Gasteiger partial charge on any atom is 0.320 e. The van der Waals surface area contributed by atoms with Crippen LogP contribution >= 0.6 is 0 Å². The third-order valence-corrected chi connectivity index (χ3v) is 6.29. The maximum absolute atomic E-state index is 13.9. The molecule has 4 rings (SSSR count). The second-order valence-corrected chi connectivity index (χ2v) is 8.52. The van der Waals surface area contributed by atoms with Crippen LogP contribution in [0, 0.1) is 18.6 Å². The predicted octanol–water partition coefficient (Wildman–Crippen LogP) is 3.91. The molecule has 2 heterocycles. The first kappa shape index (κ1) is 23.8. The van der Waals surface area contributed by atoms with E-state index in [4.69, 9.17) is 4.74 Å². The van der Waals surface area contributed by atoms with Crippen LogP contribution in [0.1, 0.15) is 17.3 Å². The van der Waals surface area contributed by atoms with E-state index >= 15 is 0 Å². The number of ether oxygens (including phenoxy) is 1. The Morgan fingerprint density at radius 1 is 1.15 bits per heavy atom. The van der Waals surface area contributed by atoms with E-state index in [1.165, 1.54) is 6.07 Å². The minimum Gasteiger partial charge on any atom is -0.383 e. The van der Waals surface area contributed by atoms with Gasteiger partial charge in [-0.25, -0.2) is 18.6 Å². The lowest BCUT2D eigenvalue weighted by Gasteiger charge is -2.21. The molecule has 2 amide bonds. The summed E-state index contributed by atoms with van der Waals surface area (Å²) in [6.45, 7) is 4.25. The van der Waals surface area contributed by atoms with Gasteiger partial charge in [0.2, 0.25) is 0 Å². The number of nitrogens with zero attached hydrogens (tertiary/aromatic N) is 3. The van der Waals surface area contributed by atoms with E-state index in [2.05, 4.69) is 20.5 Å². The standard InChI is InChI=1S/C25H29F2N5O2/c1-16-28-23(17-7-5-4-6-8-17)24(31(16)2)30-25(33)29-22-15-32(11-12-34-3)14-19(22)18-9-10-20(26)21(27)13-18/h4-10,13,19,22H,11-12,14-15H2,1-3H3,(H2,29,30,33)/t19-,22+/m0/s1. The highest BCUT2D eigenvalue weighted by Crippen LogP contribution is 2.30. The fourth-order valence-electron chi connectivity index (χ4n) is 4.38. The zero-order valence-electron chi connectivity index (χ0n) is 19.5. The largest absolute Gasteiger partial charge is 0.383 e. The van der Waals surface area contributed by atoms with E-state index in [0.717, 1.165) is 17.5 Å². The van der Waals surface area contributed by atoms with Gasteiger partial charge in [0.15, 0.2) is 11.6 Å². The minimum atomic E-state index is -0.895. The minimum absolute atomic E-state index is 0.195. The van der Waals surface area contributed by atoms with Crippen LogP contribution in [0.15, 0.2) is 48.5 Å². The van der Waals surface area contributed by atoms with Crippen molar-refractivity contribution in [2.45, 2.75) is 18.9 Å². The van der Waals surface area contributed by atoms with Gasteiger partial charge < -0.3 is 14.6 Å². The second-order valence-electron chi connectivity index (χ2n) is 8.52. The van der Waals surface area contributed by atoms with E-state index in [1.807, 2.05) is 48.9 Å². The summed E-state index contributed by atoms with van der Waals surface area (Å²) in [5.41, 5.74) is 2.22. The number of aryl methyl sites for hydroxylation is 1. The molecule has 3 aromatic rings. The molecule has 1 aliphatic heterocycles. The number of nitrogens with one attached hydrogen (secondary N) is 2. The third-order valence-electron chi connectivity index (χ3n) is 6.29. The molecule has 9 heteroatoms. The molecule has 0 radical (unpaired) electrons. The number of imidazole rings is 1. The number of rotatable bonds is 7. The van der Waals surface area contributed by atoms with E-state index in [-0.39, 0.29) is 18.0 Å². The number of carbonyl (C=O) groups is 1. The van der Waals surface area contributed by atoms with Crippen molar-refractivity contribution in [2.24, 2.45) is 7.05 Å². The lowest BCUT2D eigenvalue weighted by atomic mass is 9.94. The lowest BCUT2D eigenvalue weighted by molar-refractivity contribution is 0.159. The number of anilines is 1. The van der Waals surface area contributed by atoms with Gasteiger partial charge >= 0.3 is 6.03 Å². The maximum atomic E-state index is 13.9. The van der Waals surface area contributed by atoms with Gasteiger partial charge in [-0.1, -0.05) is 36.4 Å². The Balaban J connectivity index is 1.54. The van der Waals surface area contributed by atoms with Crippen LogP contribution in [0.2, 0.25) is 0 Å². The first-order valence-corrected chi connectivity index (χ1v) is 11.2. The summed E-state index contributed by atoms with van der Waals surface area (Å²) in [7, 11) is 3.48. The highest BCUT2D eigenvalue weighted by atomic mass is 19.2. The molecule has 0 bridgehead atoms. The van der Waals surface area contributed by atoms with Crippen molar-refractivity contribution < 1.29 is 18.3 Å². The Hall–Kier alpha value is -3.30. The molecule has 1 fully saturated rings. The lowest BCUT2D eigenvalue weighted by Crippen LogP contribution is -2.42. The zero-order valence-corrected chi connectivity index (χ0v) is 19.5. The Kier molecular flexibility index (Phi) is 7.23. The Morgan fingerprint density at radius 3 is 2.62 bits per heavy atom. The number of hydrogen-bond donors (Lipinski definition) is 2. The van der Waals surface area contributed by atoms with Crippen LogP contribution in [0.3, 0.4) is 0 Å². The van der Waals surface area contributed by atoms with Crippen molar-refractivity contribution in [2.75, 3.05) is 38.7 Å². The highest BCUT2D eigenvalue weighted by molar-refractivity contribution is 5.92. The second kappa shape index (κ2) is 10.3. The molecule has 1 aliphatic rings. The molecule has 34 heavy (non-hydrogen) atoms. The van der Waals surface area contributed by atoms with Gasteiger partial charge in [0, 0.05) is 45.3 Å². The SMILES string of the molecule is COCCN1C[C@@H](NC(=O)Nc2c(-c3ccccc3)nc(C)n2C)[C@H](c2ccc(F)c(F)c2)C1. The number of benzene rings is 2. The molecule has 0 unspecified atom stereocenters. The van der Waals surface area contributed by atoms with Crippen molar-refractivity contribution in [3.8, 4) is 11.3 Å². The van der Waals surface area contributed by atoms with Gasteiger partial charge in [0.05, 0.1) is 12.6 Å². The smallest absolute Gasteiger partial charge is 0.320 e. The van der Waals surface area contributed by atoms with Gasteiger partial charge in [0.25, 0.3) is 0 Å². The van der Waals surface area contributed by atoms with Crippen molar-refractivity contribution in [1.82, 2.24) is 19.8 Å². The molecule has 0 saturated carbocycles. The number of amides is 2. The molecule has 2 aromatic carbocycles. The molecule has 2 N–H and O–H groups in total. The first-order chi connectivity index (χ1) is 16.4. The number of aromatic nitrogens is 2. The topological polar surface area (TPSA) is 71.4 Å². The van der Waals surface area contributed by atoms with E-state index in [9.17, 15) is 13.6 Å². The number of hydrogen-bond acceptors (Lipinski definition) is 4. The van der Waals surface area contributed by atoms with Crippen LogP contribution in [0.5, 0.6) is 0 Å². The summed E-state index contributed by atoms with van der Waals surface area (Å²) >= 11 is 0. The van der Waals surface area contributed by atoms with Crippen LogP contribution in [0.4, 0.5) is 19.4 Å². The Labute approximate surface area is 197 Å². The summed E-state index contributed by atoms with van der Waals surface area (Å²) < 4.78 is 34.5. The average molecular weight is 470 g/mol. The fraction of sp³-hybridized carbons (Fsp3) is 0.360. The molecule has 2 atom stereocenters. The summed E-state index contributed by atoms with van der Waals surface area (Å²) in [6.07, 6.45) is 0. The molecular weight excluding hydrogens is 440 g/mol. The predicted molar refractivity (Wildman–Crippen MR) is 127 cm³/mol. The number of methoxy groups -OCH3 is 1. The van der Waals surface area contributed by atoms with E-state index in [1.54, 1.807) is 13.2 Å². The number of halogens is 2. The quantitative estimate of drug-likeness (QED) is 0.551. The first-order valence-electron chi connectivity index (χ1n) is 11.2. The van der Waals surface area contributed by atoms with E-state index < -0.39 is 11.6 Å². The van der Waals surface area contributed by atoms with Gasteiger partial charge in [-0.05, 0) is 24.6 Å². The van der Waals surface area contributed by atoms with Crippen molar-refractivity contribution in [3.63, 3.8) is 0 Å². The van der Waals surface area contributed by atoms with E-state index in [0.29, 0.717) is 43.3 Å². The highest BCUT2D eigenvalue weighted by Gasteiger charge is 2.35. The number of urea groups is 1. The Bertz CT molecular complexity index is 1150. The molecule has 0 spiro atoms. The van der Waals surface area contributed by atoms with Gasteiger partial charge in [0.1, 0.15) is 17.3 Å². The number of carbonyl (C=O) groups excluding carboxylic acids is 1.